The minimum absolute atomic E-state index is 0. The van der Waals surface area contributed by atoms with Crippen LogP contribution in [0.25, 0.3) is 0 Å². The van der Waals surface area contributed by atoms with E-state index in [0.717, 1.165) is 19.0 Å². The monoisotopic (exact) mass is 420 g/mol. The summed E-state index contributed by atoms with van der Waals surface area (Å²) in [4.78, 5) is 8.24. The van der Waals surface area contributed by atoms with Crippen molar-refractivity contribution in [3.63, 3.8) is 0 Å². The summed E-state index contributed by atoms with van der Waals surface area (Å²) in [6, 6.07) is 4.81. The van der Waals surface area contributed by atoms with Gasteiger partial charge in [0.1, 0.15) is 0 Å². The van der Waals surface area contributed by atoms with Crippen LogP contribution in [0.3, 0.4) is 0 Å². The zero-order valence-corrected chi connectivity index (χ0v) is 15.7. The topological polar surface area (TPSA) is 39.7 Å². The lowest BCUT2D eigenvalue weighted by atomic mass is 10.2. The summed E-state index contributed by atoms with van der Waals surface area (Å²) < 4.78 is 0. The average Bonchev–Trinajstić information content (AvgIpc) is 3.16. The quantitative estimate of drug-likeness (QED) is 0.322. The van der Waals surface area contributed by atoms with E-state index in [-0.39, 0.29) is 24.0 Å². The lowest BCUT2D eigenvalue weighted by molar-refractivity contribution is 0.249. The van der Waals surface area contributed by atoms with Gasteiger partial charge in [-0.3, -0.25) is 9.89 Å². The smallest absolute Gasteiger partial charge is 0.191 e. The van der Waals surface area contributed by atoms with E-state index in [1.165, 1.54) is 30.8 Å². The van der Waals surface area contributed by atoms with Crippen molar-refractivity contribution in [3.8, 4) is 0 Å². The van der Waals surface area contributed by atoms with Gasteiger partial charge in [0.15, 0.2) is 5.96 Å². The third-order valence-electron chi connectivity index (χ3n) is 3.55. The number of hydrogen-bond acceptors (Lipinski definition) is 3. The van der Waals surface area contributed by atoms with Gasteiger partial charge >= 0.3 is 0 Å². The standard InChI is InChI=1S/C15H24N4S.HI/c1-3-8-17-15(16-2)18-12-13(14-7-6-11-20-14)19-9-4-5-10-19;/h3,6-7,11,13H,1,4-5,8-10,12H2,2H3,(H2,16,17,18);1H. The Labute approximate surface area is 148 Å². The maximum Gasteiger partial charge on any atom is 0.191 e. The van der Waals surface area contributed by atoms with Crippen LogP contribution in [-0.4, -0.2) is 44.1 Å². The van der Waals surface area contributed by atoms with Crippen molar-refractivity contribution in [1.82, 2.24) is 15.5 Å². The van der Waals surface area contributed by atoms with Gasteiger partial charge in [-0.05, 0) is 37.4 Å². The van der Waals surface area contributed by atoms with Crippen LogP contribution in [0.2, 0.25) is 0 Å². The highest BCUT2D eigenvalue weighted by atomic mass is 127. The fourth-order valence-corrected chi connectivity index (χ4v) is 3.39. The average molecular weight is 420 g/mol. The molecule has 1 unspecified atom stereocenters. The SMILES string of the molecule is C=CCNC(=NC)NCC(c1cccs1)N1CCCC1.I. The highest BCUT2D eigenvalue weighted by molar-refractivity contribution is 14.0. The van der Waals surface area contributed by atoms with Crippen LogP contribution in [0, 0.1) is 0 Å². The largest absolute Gasteiger partial charge is 0.354 e. The number of thiophene rings is 1. The molecule has 0 radical (unpaired) electrons. The van der Waals surface area contributed by atoms with Crippen LogP contribution < -0.4 is 10.6 Å². The molecular formula is C15H25IN4S. The van der Waals surface area contributed by atoms with Gasteiger partial charge in [-0.25, -0.2) is 0 Å². The van der Waals surface area contributed by atoms with Crippen LogP contribution in [-0.2, 0) is 0 Å². The summed E-state index contributed by atoms with van der Waals surface area (Å²) in [5, 5.41) is 8.80. The molecule has 1 aromatic rings. The summed E-state index contributed by atoms with van der Waals surface area (Å²) in [5.74, 6) is 0.839. The zero-order valence-electron chi connectivity index (χ0n) is 12.5. The van der Waals surface area contributed by atoms with E-state index in [2.05, 4.69) is 44.6 Å². The Kier molecular flexibility index (Phi) is 8.94. The summed E-state index contributed by atoms with van der Waals surface area (Å²) in [7, 11) is 1.80. The first-order valence-electron chi connectivity index (χ1n) is 7.18. The summed E-state index contributed by atoms with van der Waals surface area (Å²) >= 11 is 1.84. The normalized spacial score (nSPS) is 17.1. The molecule has 1 aromatic heterocycles. The Morgan fingerprint density at radius 1 is 1.48 bits per heavy atom. The number of rotatable bonds is 6. The van der Waals surface area contributed by atoms with Gasteiger partial charge < -0.3 is 10.6 Å². The van der Waals surface area contributed by atoms with Gasteiger partial charge in [0, 0.05) is 25.0 Å². The molecule has 2 rings (SSSR count). The predicted octanol–water partition coefficient (Wildman–Crippen LogP) is 2.85. The number of guanidine groups is 1. The van der Waals surface area contributed by atoms with E-state index >= 15 is 0 Å². The van der Waals surface area contributed by atoms with Crippen molar-refractivity contribution in [1.29, 1.82) is 0 Å². The molecule has 0 saturated carbocycles. The molecule has 2 heterocycles. The number of aliphatic imine (C=N–C) groups is 1. The molecule has 0 spiro atoms. The predicted molar refractivity (Wildman–Crippen MR) is 103 cm³/mol. The molecule has 1 aliphatic rings. The van der Waals surface area contributed by atoms with Crippen LogP contribution in [0.1, 0.15) is 23.8 Å². The molecule has 21 heavy (non-hydrogen) atoms. The first-order valence-corrected chi connectivity index (χ1v) is 8.06. The third kappa shape index (κ3) is 5.60. The lowest BCUT2D eigenvalue weighted by Crippen LogP contribution is -2.42. The molecule has 0 bridgehead atoms. The van der Waals surface area contributed by atoms with Crippen molar-refractivity contribution in [2.75, 3.05) is 33.2 Å². The van der Waals surface area contributed by atoms with Crippen molar-refractivity contribution in [2.24, 2.45) is 4.99 Å². The van der Waals surface area contributed by atoms with E-state index in [0.29, 0.717) is 6.04 Å². The fraction of sp³-hybridized carbons (Fsp3) is 0.533. The van der Waals surface area contributed by atoms with Crippen molar-refractivity contribution < 1.29 is 0 Å². The van der Waals surface area contributed by atoms with E-state index in [9.17, 15) is 0 Å². The maximum absolute atomic E-state index is 4.24. The summed E-state index contributed by atoms with van der Waals surface area (Å²) in [6.45, 7) is 7.72. The Hall–Kier alpha value is -0.600. The Bertz CT molecular complexity index is 427. The summed E-state index contributed by atoms with van der Waals surface area (Å²) in [5.41, 5.74) is 0. The molecule has 1 aliphatic heterocycles. The van der Waals surface area contributed by atoms with Gasteiger partial charge in [-0.1, -0.05) is 12.1 Å². The minimum Gasteiger partial charge on any atom is -0.354 e. The van der Waals surface area contributed by atoms with Crippen LogP contribution in [0.15, 0.2) is 35.2 Å². The molecule has 1 atom stereocenters. The van der Waals surface area contributed by atoms with E-state index in [4.69, 9.17) is 0 Å². The maximum atomic E-state index is 4.24. The van der Waals surface area contributed by atoms with Crippen molar-refractivity contribution in [3.05, 3.63) is 35.0 Å². The summed E-state index contributed by atoms with van der Waals surface area (Å²) in [6.07, 6.45) is 4.46. The number of nitrogens with zero attached hydrogens (tertiary/aromatic N) is 2. The molecule has 1 fully saturated rings. The molecular weight excluding hydrogens is 395 g/mol. The minimum atomic E-state index is 0. The second-order valence-electron chi connectivity index (χ2n) is 4.90. The van der Waals surface area contributed by atoms with Gasteiger partial charge in [0.25, 0.3) is 0 Å². The number of hydrogen-bond donors (Lipinski definition) is 2. The molecule has 0 aromatic carbocycles. The highest BCUT2D eigenvalue weighted by Gasteiger charge is 2.24. The third-order valence-corrected chi connectivity index (χ3v) is 4.53. The molecule has 2 N–H and O–H groups in total. The molecule has 6 heteroatoms. The molecule has 0 amide bonds. The van der Waals surface area contributed by atoms with Crippen LogP contribution >= 0.6 is 35.3 Å². The number of nitrogens with one attached hydrogen (secondary N) is 2. The lowest BCUT2D eigenvalue weighted by Gasteiger charge is -2.27. The molecule has 4 nitrogen and oxygen atoms in total. The van der Waals surface area contributed by atoms with Crippen molar-refractivity contribution in [2.45, 2.75) is 18.9 Å². The van der Waals surface area contributed by atoms with E-state index in [1.807, 2.05) is 17.4 Å². The Balaban J connectivity index is 0.00000220. The molecule has 118 valence electrons. The first kappa shape index (κ1) is 18.4. The fourth-order valence-electron chi connectivity index (χ4n) is 2.53. The Morgan fingerprint density at radius 3 is 2.81 bits per heavy atom. The molecule has 1 saturated heterocycles. The second-order valence-corrected chi connectivity index (χ2v) is 5.88. The van der Waals surface area contributed by atoms with E-state index in [1.54, 1.807) is 7.05 Å². The number of halogens is 1. The zero-order chi connectivity index (χ0) is 14.2. The Morgan fingerprint density at radius 2 is 2.24 bits per heavy atom. The van der Waals surface area contributed by atoms with Crippen LogP contribution in [0.5, 0.6) is 0 Å². The van der Waals surface area contributed by atoms with Gasteiger partial charge in [-0.15, -0.1) is 41.9 Å². The first-order chi connectivity index (χ1) is 9.85. The number of likely N-dealkylation sites (tertiary alicyclic amines) is 1. The van der Waals surface area contributed by atoms with Gasteiger partial charge in [0.05, 0.1) is 6.04 Å². The van der Waals surface area contributed by atoms with E-state index < -0.39 is 0 Å². The van der Waals surface area contributed by atoms with Crippen molar-refractivity contribution >= 4 is 41.3 Å². The second kappa shape index (κ2) is 10.2. The van der Waals surface area contributed by atoms with Gasteiger partial charge in [0.2, 0.25) is 0 Å². The van der Waals surface area contributed by atoms with Gasteiger partial charge in [-0.2, -0.15) is 0 Å². The van der Waals surface area contributed by atoms with Crippen LogP contribution in [0.4, 0.5) is 0 Å². The highest BCUT2D eigenvalue weighted by Crippen LogP contribution is 2.27. The molecule has 0 aliphatic carbocycles.